The quantitative estimate of drug-likeness (QED) is 0.251. The zero-order valence-corrected chi connectivity index (χ0v) is 11.9. The van der Waals surface area contributed by atoms with Gasteiger partial charge in [0, 0.05) is 23.1 Å². The number of hydrogen-bond acceptors (Lipinski definition) is 5. The fraction of sp³-hybridized carbons (Fsp3) is 0. The largest absolute Gasteiger partial charge is 0.373 e. The second-order valence-electron chi connectivity index (χ2n) is 3.62. The SMILES string of the molecule is O=[N+]([O-])c1ccccc1.[N-]=[N+]=Nc1ccccc1[N+](=O)[O-].[N-]=[N+]=[N-]. The van der Waals surface area contributed by atoms with Crippen LogP contribution in [0.25, 0.3) is 26.4 Å². The van der Waals surface area contributed by atoms with Crippen LogP contribution < -0.4 is 0 Å². The maximum Gasteiger partial charge on any atom is 0.278 e. The summed E-state index contributed by atoms with van der Waals surface area (Å²) in [6.45, 7) is 0. The molecule has 0 saturated carbocycles. The van der Waals surface area contributed by atoms with E-state index >= 15 is 0 Å². The molecule has 0 unspecified atom stereocenters. The molecule has 2 aromatic carbocycles. The van der Waals surface area contributed by atoms with E-state index in [0.717, 1.165) is 0 Å². The predicted molar refractivity (Wildman–Crippen MR) is 85.1 cm³/mol. The molecular formula is C12H9N8O4-. The van der Waals surface area contributed by atoms with Crippen LogP contribution in [0.3, 0.4) is 0 Å². The number of para-hydroxylation sites is 2. The molecule has 122 valence electrons. The first-order valence-corrected chi connectivity index (χ1v) is 5.94. The van der Waals surface area contributed by atoms with Crippen LogP contribution in [0.1, 0.15) is 0 Å². The molecule has 2 rings (SSSR count). The highest BCUT2D eigenvalue weighted by atomic mass is 16.6. The smallest absolute Gasteiger partial charge is 0.278 e. The summed E-state index contributed by atoms with van der Waals surface area (Å²) in [5.74, 6) is 0. The minimum absolute atomic E-state index is 0.0324. The number of rotatable bonds is 3. The van der Waals surface area contributed by atoms with Crippen molar-refractivity contribution in [2.24, 2.45) is 5.11 Å². The first kappa shape index (κ1) is 19.9. The van der Waals surface area contributed by atoms with Gasteiger partial charge < -0.3 is 11.1 Å². The van der Waals surface area contributed by atoms with Crippen LogP contribution in [0.15, 0.2) is 59.7 Å². The van der Waals surface area contributed by atoms with Crippen molar-refractivity contribution < 1.29 is 9.85 Å². The molecule has 0 N–H and O–H groups in total. The van der Waals surface area contributed by atoms with E-state index in [9.17, 15) is 20.2 Å². The Balaban J connectivity index is 0.000000390. The van der Waals surface area contributed by atoms with Crippen LogP contribution in [-0.4, -0.2) is 9.85 Å². The van der Waals surface area contributed by atoms with Crippen LogP contribution in [0.4, 0.5) is 17.1 Å². The van der Waals surface area contributed by atoms with Crippen molar-refractivity contribution in [1.29, 1.82) is 0 Å². The Morgan fingerprint density at radius 1 is 0.833 bits per heavy atom. The third-order valence-corrected chi connectivity index (χ3v) is 2.20. The van der Waals surface area contributed by atoms with Crippen LogP contribution in [0.2, 0.25) is 0 Å². The summed E-state index contributed by atoms with van der Waals surface area (Å²) in [4.78, 5) is 23.3. The van der Waals surface area contributed by atoms with E-state index < -0.39 is 9.85 Å². The summed E-state index contributed by atoms with van der Waals surface area (Å²) >= 11 is 0. The normalized spacial score (nSPS) is 8.00. The number of hydrogen-bond donors (Lipinski definition) is 0. The average molecular weight is 329 g/mol. The van der Waals surface area contributed by atoms with Crippen LogP contribution >= 0.6 is 0 Å². The van der Waals surface area contributed by atoms with Crippen molar-refractivity contribution in [1.82, 2.24) is 0 Å². The van der Waals surface area contributed by atoms with Crippen molar-refractivity contribution in [3.63, 3.8) is 0 Å². The fourth-order valence-corrected chi connectivity index (χ4v) is 1.30. The van der Waals surface area contributed by atoms with E-state index in [1.165, 1.54) is 35.2 Å². The number of nitro groups is 2. The van der Waals surface area contributed by atoms with E-state index in [2.05, 4.69) is 10.0 Å². The van der Waals surface area contributed by atoms with Gasteiger partial charge in [0.15, 0.2) is 0 Å². The minimum Gasteiger partial charge on any atom is -0.373 e. The first-order chi connectivity index (χ1) is 11.5. The number of benzene rings is 2. The Morgan fingerprint density at radius 2 is 1.33 bits per heavy atom. The lowest BCUT2D eigenvalue weighted by Crippen LogP contribution is -1.86. The molecule has 24 heavy (non-hydrogen) atoms. The highest BCUT2D eigenvalue weighted by Gasteiger charge is 2.09. The summed E-state index contributed by atoms with van der Waals surface area (Å²) in [5, 5.41) is 23.5. The van der Waals surface area contributed by atoms with Gasteiger partial charge in [0.2, 0.25) is 0 Å². The van der Waals surface area contributed by atoms with E-state index in [4.69, 9.17) is 16.6 Å². The van der Waals surface area contributed by atoms with E-state index in [1.54, 1.807) is 24.3 Å². The zero-order valence-electron chi connectivity index (χ0n) is 11.9. The predicted octanol–water partition coefficient (Wildman–Crippen LogP) is 5.00. The van der Waals surface area contributed by atoms with Gasteiger partial charge in [-0.05, 0) is 11.6 Å². The first-order valence-electron chi connectivity index (χ1n) is 5.94. The molecule has 12 nitrogen and oxygen atoms in total. The maximum absolute atomic E-state index is 10.3. The molecule has 2 aromatic rings. The number of nitro benzene ring substituents is 2. The van der Waals surface area contributed by atoms with Crippen molar-refractivity contribution in [3.05, 3.63) is 101 Å². The van der Waals surface area contributed by atoms with Crippen molar-refractivity contribution in [3.8, 4) is 0 Å². The number of non-ortho nitro benzene ring substituents is 1. The Kier molecular flexibility index (Phi) is 9.53. The lowest BCUT2D eigenvalue weighted by atomic mass is 10.3. The number of nitrogens with zero attached hydrogens (tertiary/aromatic N) is 8. The van der Waals surface area contributed by atoms with Crippen LogP contribution in [-0.2, 0) is 0 Å². The van der Waals surface area contributed by atoms with Crippen molar-refractivity contribution in [2.45, 2.75) is 0 Å². The molecule has 0 aliphatic carbocycles. The van der Waals surface area contributed by atoms with Gasteiger partial charge in [0.1, 0.15) is 5.69 Å². The van der Waals surface area contributed by atoms with Gasteiger partial charge in [-0.2, -0.15) is 0 Å². The highest BCUT2D eigenvalue weighted by Crippen LogP contribution is 2.25. The molecule has 0 radical (unpaired) electrons. The van der Waals surface area contributed by atoms with Gasteiger partial charge in [-0.1, -0.05) is 35.4 Å². The molecule has 0 spiro atoms. The Hall–Kier alpha value is -4.14. The Labute approximate surface area is 134 Å². The van der Waals surface area contributed by atoms with Gasteiger partial charge in [-0.15, -0.1) is 0 Å². The van der Waals surface area contributed by atoms with Gasteiger partial charge in [0.05, 0.1) is 9.85 Å². The Bertz CT molecular complexity index is 747. The molecule has 0 aliphatic heterocycles. The van der Waals surface area contributed by atoms with Gasteiger partial charge in [-0.25, -0.2) is 0 Å². The molecule has 0 bridgehead atoms. The van der Waals surface area contributed by atoms with Crippen LogP contribution in [0.5, 0.6) is 0 Å². The number of azide groups is 1. The zero-order chi connectivity index (χ0) is 18.4. The second kappa shape index (κ2) is 11.5. The molecule has 0 aliphatic rings. The molecule has 0 saturated heterocycles. The van der Waals surface area contributed by atoms with E-state index in [1.807, 2.05) is 0 Å². The minimum atomic E-state index is -0.593. The lowest BCUT2D eigenvalue weighted by Gasteiger charge is -1.92. The summed E-state index contributed by atoms with van der Waals surface area (Å²) in [7, 11) is 0. The van der Waals surface area contributed by atoms with E-state index in [-0.39, 0.29) is 17.1 Å². The second-order valence-corrected chi connectivity index (χ2v) is 3.62. The van der Waals surface area contributed by atoms with Gasteiger partial charge in [0.25, 0.3) is 11.4 Å². The molecular weight excluding hydrogens is 320 g/mol. The topological polar surface area (TPSA) is 194 Å². The maximum atomic E-state index is 10.3. The lowest BCUT2D eigenvalue weighted by molar-refractivity contribution is -0.384. The average Bonchev–Trinajstić information content (AvgIpc) is 2.57. The molecule has 0 aromatic heterocycles. The standard InChI is InChI=1S/C6H4N4O2.C6H5NO2.N3/c7-9-8-5-3-1-2-4-6(5)10(11)12;8-7(9)6-4-2-1-3-5-6;1-3-2/h1-4H;1-5H;/q;;-1. The molecule has 0 amide bonds. The monoisotopic (exact) mass is 329 g/mol. The highest BCUT2D eigenvalue weighted by molar-refractivity contribution is 5.56. The summed E-state index contributed by atoms with van der Waals surface area (Å²) in [5.41, 5.74) is 21.5. The summed E-state index contributed by atoms with van der Waals surface area (Å²) in [6, 6.07) is 13.7. The Morgan fingerprint density at radius 3 is 1.75 bits per heavy atom. The molecule has 0 heterocycles. The van der Waals surface area contributed by atoms with E-state index in [0.29, 0.717) is 0 Å². The van der Waals surface area contributed by atoms with Gasteiger partial charge >= 0.3 is 0 Å². The third kappa shape index (κ3) is 7.59. The third-order valence-electron chi connectivity index (χ3n) is 2.20. The molecule has 12 heteroatoms. The molecule has 0 atom stereocenters. The summed E-state index contributed by atoms with van der Waals surface area (Å²) in [6.07, 6.45) is 0. The fourth-order valence-electron chi connectivity index (χ4n) is 1.30. The van der Waals surface area contributed by atoms with Crippen molar-refractivity contribution in [2.75, 3.05) is 0 Å². The van der Waals surface area contributed by atoms with Crippen LogP contribution in [0, 0.1) is 20.2 Å². The van der Waals surface area contributed by atoms with Crippen molar-refractivity contribution >= 4 is 17.1 Å². The molecule has 0 fully saturated rings. The summed E-state index contributed by atoms with van der Waals surface area (Å²) < 4.78 is 0. The van der Waals surface area contributed by atoms with Gasteiger partial charge in [-0.3, -0.25) is 25.1 Å².